The normalized spacial score (nSPS) is 41.8. The molecule has 76 valence electrons. The highest BCUT2D eigenvalue weighted by Crippen LogP contribution is 2.32. The minimum absolute atomic E-state index is 0.0724. The standard InChI is InChI=1S/C11H21NO/c1-10-4-2-6-11(7-5-10)12-8-3-9-13-11/h10,12H,2-9H2,1H3. The molecule has 13 heavy (non-hydrogen) atoms. The Hall–Kier alpha value is -0.0800. The zero-order valence-electron chi connectivity index (χ0n) is 8.64. The van der Waals surface area contributed by atoms with Gasteiger partial charge in [-0.1, -0.05) is 13.3 Å². The summed E-state index contributed by atoms with van der Waals surface area (Å²) in [5, 5.41) is 3.57. The number of ether oxygens (including phenoxy) is 1. The van der Waals surface area contributed by atoms with Crippen LogP contribution in [-0.4, -0.2) is 18.9 Å². The van der Waals surface area contributed by atoms with E-state index in [1.165, 1.54) is 38.5 Å². The van der Waals surface area contributed by atoms with Gasteiger partial charge in [-0.25, -0.2) is 0 Å². The lowest BCUT2D eigenvalue weighted by Gasteiger charge is -2.37. The molecule has 1 saturated carbocycles. The molecule has 0 radical (unpaired) electrons. The SMILES string of the molecule is CC1CCCC2(CC1)NCCCO2. The van der Waals surface area contributed by atoms with Crippen molar-refractivity contribution in [3.63, 3.8) is 0 Å². The van der Waals surface area contributed by atoms with E-state index in [-0.39, 0.29) is 5.72 Å². The number of rotatable bonds is 0. The molecule has 0 aromatic carbocycles. The average Bonchev–Trinajstić information content (AvgIpc) is 2.32. The van der Waals surface area contributed by atoms with Crippen LogP contribution in [-0.2, 0) is 4.74 Å². The van der Waals surface area contributed by atoms with E-state index in [1.807, 2.05) is 0 Å². The van der Waals surface area contributed by atoms with Crippen molar-refractivity contribution in [3.05, 3.63) is 0 Å². The Bertz CT molecular complexity index is 163. The minimum Gasteiger partial charge on any atom is -0.361 e. The van der Waals surface area contributed by atoms with Crippen LogP contribution in [0.5, 0.6) is 0 Å². The van der Waals surface area contributed by atoms with Crippen LogP contribution in [0.15, 0.2) is 0 Å². The molecule has 1 spiro atoms. The van der Waals surface area contributed by atoms with E-state index >= 15 is 0 Å². The van der Waals surface area contributed by atoms with Crippen LogP contribution < -0.4 is 5.32 Å². The fourth-order valence-corrected chi connectivity index (χ4v) is 2.51. The lowest BCUT2D eigenvalue weighted by molar-refractivity contribution is -0.104. The lowest BCUT2D eigenvalue weighted by atomic mass is 10.0. The first-order valence-electron chi connectivity index (χ1n) is 5.70. The Labute approximate surface area is 81.0 Å². The van der Waals surface area contributed by atoms with Crippen LogP contribution in [0.25, 0.3) is 0 Å². The Morgan fingerprint density at radius 2 is 2.15 bits per heavy atom. The van der Waals surface area contributed by atoms with Gasteiger partial charge in [-0.2, -0.15) is 0 Å². The van der Waals surface area contributed by atoms with Crippen molar-refractivity contribution in [3.8, 4) is 0 Å². The summed E-state index contributed by atoms with van der Waals surface area (Å²) in [6.07, 6.45) is 7.65. The lowest BCUT2D eigenvalue weighted by Crippen LogP contribution is -2.51. The van der Waals surface area contributed by atoms with Crippen molar-refractivity contribution in [1.82, 2.24) is 5.32 Å². The van der Waals surface area contributed by atoms with Gasteiger partial charge >= 0.3 is 0 Å². The molecule has 2 aliphatic rings. The maximum atomic E-state index is 5.92. The van der Waals surface area contributed by atoms with Crippen LogP contribution in [0.4, 0.5) is 0 Å². The number of hydrogen-bond donors (Lipinski definition) is 1. The van der Waals surface area contributed by atoms with E-state index in [1.54, 1.807) is 0 Å². The van der Waals surface area contributed by atoms with E-state index < -0.39 is 0 Å². The highest BCUT2D eigenvalue weighted by Gasteiger charge is 2.34. The third-order valence-electron chi connectivity index (χ3n) is 3.47. The molecule has 0 aromatic heterocycles. The van der Waals surface area contributed by atoms with Crippen molar-refractivity contribution in [2.75, 3.05) is 13.2 Å². The number of hydrogen-bond acceptors (Lipinski definition) is 2. The van der Waals surface area contributed by atoms with Crippen molar-refractivity contribution in [2.45, 2.75) is 51.2 Å². The summed E-state index contributed by atoms with van der Waals surface area (Å²) >= 11 is 0. The van der Waals surface area contributed by atoms with Gasteiger partial charge in [0.1, 0.15) is 5.72 Å². The molecule has 1 N–H and O–H groups in total. The van der Waals surface area contributed by atoms with E-state index in [9.17, 15) is 0 Å². The van der Waals surface area contributed by atoms with Crippen molar-refractivity contribution in [2.24, 2.45) is 5.92 Å². The monoisotopic (exact) mass is 183 g/mol. The quantitative estimate of drug-likeness (QED) is 0.622. The molecule has 2 rings (SSSR count). The second-order valence-electron chi connectivity index (χ2n) is 4.66. The second-order valence-corrected chi connectivity index (χ2v) is 4.66. The predicted octanol–water partition coefficient (Wildman–Crippen LogP) is 2.29. The van der Waals surface area contributed by atoms with Crippen LogP contribution in [0.2, 0.25) is 0 Å². The maximum absolute atomic E-state index is 5.92. The van der Waals surface area contributed by atoms with Crippen molar-refractivity contribution >= 4 is 0 Å². The first-order chi connectivity index (χ1) is 6.31. The van der Waals surface area contributed by atoms with E-state index in [0.29, 0.717) is 0 Å². The summed E-state index contributed by atoms with van der Waals surface area (Å²) in [4.78, 5) is 0. The average molecular weight is 183 g/mol. The zero-order chi connectivity index (χ0) is 9.15. The molecule has 1 saturated heterocycles. The molecule has 0 bridgehead atoms. The summed E-state index contributed by atoms with van der Waals surface area (Å²) in [6.45, 7) is 4.47. The Morgan fingerprint density at radius 1 is 1.23 bits per heavy atom. The smallest absolute Gasteiger partial charge is 0.119 e. The van der Waals surface area contributed by atoms with Crippen LogP contribution in [0, 0.1) is 5.92 Å². The molecular formula is C11H21NO. The minimum atomic E-state index is 0.0724. The van der Waals surface area contributed by atoms with Crippen molar-refractivity contribution in [1.29, 1.82) is 0 Å². The Kier molecular flexibility index (Phi) is 2.89. The third-order valence-corrected chi connectivity index (χ3v) is 3.47. The van der Waals surface area contributed by atoms with Gasteiger partial charge in [-0.15, -0.1) is 0 Å². The largest absolute Gasteiger partial charge is 0.361 e. The fourth-order valence-electron chi connectivity index (χ4n) is 2.51. The van der Waals surface area contributed by atoms with E-state index in [2.05, 4.69) is 12.2 Å². The topological polar surface area (TPSA) is 21.3 Å². The second kappa shape index (κ2) is 3.97. The van der Waals surface area contributed by atoms with Gasteiger partial charge in [0, 0.05) is 0 Å². The molecule has 2 unspecified atom stereocenters. The van der Waals surface area contributed by atoms with Gasteiger partial charge in [0.15, 0.2) is 0 Å². The van der Waals surface area contributed by atoms with Gasteiger partial charge in [0.25, 0.3) is 0 Å². The molecule has 2 nitrogen and oxygen atoms in total. The first kappa shape index (κ1) is 9.47. The summed E-state index contributed by atoms with van der Waals surface area (Å²) in [7, 11) is 0. The van der Waals surface area contributed by atoms with Gasteiger partial charge in [-0.3, -0.25) is 5.32 Å². The summed E-state index contributed by atoms with van der Waals surface area (Å²) in [5.41, 5.74) is 0.0724. The molecule has 0 aromatic rings. The fraction of sp³-hybridized carbons (Fsp3) is 1.00. The molecule has 2 heteroatoms. The van der Waals surface area contributed by atoms with Gasteiger partial charge in [0.2, 0.25) is 0 Å². The highest BCUT2D eigenvalue weighted by atomic mass is 16.5. The molecule has 1 aliphatic carbocycles. The van der Waals surface area contributed by atoms with E-state index in [0.717, 1.165) is 19.1 Å². The van der Waals surface area contributed by atoms with Gasteiger partial charge in [0.05, 0.1) is 6.61 Å². The molecule has 2 fully saturated rings. The van der Waals surface area contributed by atoms with Gasteiger partial charge < -0.3 is 4.74 Å². The molecular weight excluding hydrogens is 162 g/mol. The summed E-state index contributed by atoms with van der Waals surface area (Å²) in [5.74, 6) is 0.895. The van der Waals surface area contributed by atoms with Crippen molar-refractivity contribution < 1.29 is 4.74 Å². The predicted molar refractivity (Wildman–Crippen MR) is 53.6 cm³/mol. The number of nitrogens with one attached hydrogen (secondary N) is 1. The van der Waals surface area contributed by atoms with E-state index in [4.69, 9.17) is 4.74 Å². The maximum Gasteiger partial charge on any atom is 0.119 e. The summed E-state index contributed by atoms with van der Waals surface area (Å²) < 4.78 is 5.92. The Balaban J connectivity index is 1.95. The first-order valence-corrected chi connectivity index (χ1v) is 5.70. The van der Waals surface area contributed by atoms with Crippen LogP contribution in [0.3, 0.4) is 0 Å². The zero-order valence-corrected chi connectivity index (χ0v) is 8.64. The molecule has 0 amide bonds. The summed E-state index contributed by atoms with van der Waals surface area (Å²) in [6, 6.07) is 0. The molecule has 1 aliphatic heterocycles. The molecule has 1 heterocycles. The van der Waals surface area contributed by atoms with Gasteiger partial charge in [-0.05, 0) is 44.6 Å². The van der Waals surface area contributed by atoms with Crippen LogP contribution in [0.1, 0.15) is 45.4 Å². The van der Waals surface area contributed by atoms with Crippen LogP contribution >= 0.6 is 0 Å². The Morgan fingerprint density at radius 3 is 2.92 bits per heavy atom. The third kappa shape index (κ3) is 2.23. The molecule has 2 atom stereocenters. The highest BCUT2D eigenvalue weighted by molar-refractivity contribution is 4.84.